The summed E-state index contributed by atoms with van der Waals surface area (Å²) < 4.78 is 0. The molecular formula is C36H58BrNO4. The normalized spacial score (nSPS) is 46.5. The molecule has 5 fully saturated rings. The molecule has 0 aromatic rings. The number of nitrogens with one attached hydrogen (secondary N) is 1. The molecule has 0 spiro atoms. The van der Waals surface area contributed by atoms with Crippen LogP contribution in [0.5, 0.6) is 0 Å². The Morgan fingerprint density at radius 3 is 2.21 bits per heavy atom. The summed E-state index contributed by atoms with van der Waals surface area (Å²) in [6.45, 7) is 20.9. The van der Waals surface area contributed by atoms with Crippen molar-refractivity contribution in [3.05, 3.63) is 12.2 Å². The van der Waals surface area contributed by atoms with Crippen LogP contribution in [0.15, 0.2) is 12.2 Å². The van der Waals surface area contributed by atoms with Crippen molar-refractivity contribution in [2.45, 2.75) is 131 Å². The molecule has 0 aromatic carbocycles. The number of aliphatic hydroxyl groups is 1. The molecule has 0 aromatic heterocycles. The average molecular weight is 649 g/mol. The Bertz CT molecular complexity index is 1100. The first kappa shape index (κ1) is 32.5. The fourth-order valence-electron chi connectivity index (χ4n) is 12.5. The molecule has 0 aliphatic heterocycles. The topological polar surface area (TPSA) is 86.6 Å². The van der Waals surface area contributed by atoms with Crippen LogP contribution in [0, 0.1) is 62.6 Å². The minimum atomic E-state index is -0.927. The van der Waals surface area contributed by atoms with Gasteiger partial charge in [0, 0.05) is 5.33 Å². The van der Waals surface area contributed by atoms with Crippen molar-refractivity contribution in [3.8, 4) is 0 Å². The molecule has 6 heteroatoms. The number of halogens is 1. The van der Waals surface area contributed by atoms with E-state index in [1.165, 1.54) is 24.8 Å². The van der Waals surface area contributed by atoms with Crippen LogP contribution < -0.4 is 5.32 Å². The largest absolute Gasteiger partial charge is 0.480 e. The summed E-state index contributed by atoms with van der Waals surface area (Å²) in [6, 6.07) is -0.840. The van der Waals surface area contributed by atoms with Gasteiger partial charge in [0.25, 0.3) is 0 Å². The summed E-state index contributed by atoms with van der Waals surface area (Å²) in [5.74, 6) is 1.28. The molecule has 5 aliphatic carbocycles. The van der Waals surface area contributed by atoms with Gasteiger partial charge >= 0.3 is 5.97 Å². The van der Waals surface area contributed by atoms with E-state index in [-0.39, 0.29) is 51.4 Å². The maximum atomic E-state index is 14.4. The highest BCUT2D eigenvalue weighted by molar-refractivity contribution is 9.09. The van der Waals surface area contributed by atoms with E-state index in [1.807, 2.05) is 13.8 Å². The number of carboxylic acid groups (broad SMARTS) is 1. The second-order valence-electron chi connectivity index (χ2n) is 17.2. The number of aliphatic hydroxyl groups excluding tert-OH is 1. The predicted molar refractivity (Wildman–Crippen MR) is 172 cm³/mol. The Morgan fingerprint density at radius 2 is 1.60 bits per heavy atom. The van der Waals surface area contributed by atoms with Gasteiger partial charge in [0.1, 0.15) is 6.04 Å². The molecule has 238 valence electrons. The Hall–Kier alpha value is -0.880. The summed E-state index contributed by atoms with van der Waals surface area (Å²) in [4.78, 5) is 26.6. The molecule has 0 saturated heterocycles. The summed E-state index contributed by atoms with van der Waals surface area (Å²) >= 11 is 3.71. The second kappa shape index (κ2) is 10.9. The number of carboxylic acids is 1. The van der Waals surface area contributed by atoms with Gasteiger partial charge in [-0.15, -0.1) is 0 Å². The van der Waals surface area contributed by atoms with E-state index in [1.54, 1.807) is 0 Å². The van der Waals surface area contributed by atoms with Crippen molar-refractivity contribution < 1.29 is 19.8 Å². The van der Waals surface area contributed by atoms with Gasteiger partial charge in [0.15, 0.2) is 0 Å². The molecule has 0 radical (unpaired) electrons. The highest BCUT2D eigenvalue weighted by atomic mass is 79.9. The smallest absolute Gasteiger partial charge is 0.326 e. The predicted octanol–water partition coefficient (Wildman–Crippen LogP) is 8.00. The molecule has 1 amide bonds. The number of rotatable bonds is 7. The van der Waals surface area contributed by atoms with Gasteiger partial charge in [0.05, 0.1) is 11.5 Å². The lowest BCUT2D eigenvalue weighted by Crippen LogP contribution is -2.67. The van der Waals surface area contributed by atoms with Crippen molar-refractivity contribution >= 4 is 27.8 Å². The van der Waals surface area contributed by atoms with E-state index < -0.39 is 17.4 Å². The highest BCUT2D eigenvalue weighted by Gasteiger charge is 2.72. The van der Waals surface area contributed by atoms with Crippen LogP contribution in [0.2, 0.25) is 0 Å². The SMILES string of the molecule is C=C(CBr)[C@@H]1CC[C@]2(C(=O)NC(CC(C)C)C(=O)O)CC[C@]3(C)[C@H](CC[C@@H]4[C@@]5(C)CC[C@H](O)C(C)(C)[C@@H]5CC[C@]43C)[C@@H]12. The average Bonchev–Trinajstić information content (AvgIpc) is 3.31. The van der Waals surface area contributed by atoms with Gasteiger partial charge in [-0.2, -0.15) is 0 Å². The van der Waals surface area contributed by atoms with E-state index in [0.717, 1.165) is 50.3 Å². The van der Waals surface area contributed by atoms with Gasteiger partial charge in [-0.3, -0.25) is 4.79 Å². The van der Waals surface area contributed by atoms with Crippen molar-refractivity contribution in [3.63, 3.8) is 0 Å². The standard InChI is InChI=1S/C36H58BrNO4/c1-21(2)19-25(30(40)41)38-31(42)36-16-11-23(22(3)20-37)29(36)24-9-10-27-33(6)14-13-28(39)32(4,5)26(33)12-15-35(27,8)34(24,7)17-18-36/h21,23-29,39H,3,9-20H2,1-2,4-8H3,(H,38,42)(H,40,41)/t23-,24+,25?,26-,27+,28-,29+,33-,34+,35+,36-/m0/s1. The summed E-state index contributed by atoms with van der Waals surface area (Å²) in [6.07, 6.45) is 10.5. The maximum Gasteiger partial charge on any atom is 0.326 e. The fourth-order valence-corrected chi connectivity index (χ4v) is 12.9. The van der Waals surface area contributed by atoms with E-state index >= 15 is 0 Å². The molecule has 0 heterocycles. The van der Waals surface area contributed by atoms with Crippen LogP contribution in [0.1, 0.15) is 119 Å². The summed E-state index contributed by atoms with van der Waals surface area (Å²) in [5.41, 5.74) is 1.11. The number of alkyl halides is 1. The Morgan fingerprint density at radius 1 is 0.905 bits per heavy atom. The molecular weight excluding hydrogens is 590 g/mol. The zero-order valence-corrected chi connectivity index (χ0v) is 29.0. The van der Waals surface area contributed by atoms with Crippen LogP contribution in [0.4, 0.5) is 0 Å². The fraction of sp³-hybridized carbons (Fsp3) is 0.889. The summed E-state index contributed by atoms with van der Waals surface area (Å²) in [5, 5.41) is 24.9. The zero-order valence-electron chi connectivity index (χ0n) is 27.4. The van der Waals surface area contributed by atoms with Crippen LogP contribution in [0.25, 0.3) is 0 Å². The van der Waals surface area contributed by atoms with Crippen molar-refractivity contribution in [2.24, 2.45) is 62.6 Å². The Labute approximate surface area is 263 Å². The third kappa shape index (κ3) is 4.52. The van der Waals surface area contributed by atoms with E-state index in [0.29, 0.717) is 24.2 Å². The monoisotopic (exact) mass is 647 g/mol. The molecule has 0 bridgehead atoms. The van der Waals surface area contributed by atoms with Gasteiger partial charge in [-0.1, -0.05) is 76.5 Å². The number of hydrogen-bond acceptors (Lipinski definition) is 3. The second-order valence-corrected chi connectivity index (χ2v) is 17.7. The number of fused-ring (bicyclic) bond motifs is 7. The zero-order chi connectivity index (χ0) is 31.0. The van der Waals surface area contributed by atoms with Crippen molar-refractivity contribution in [2.75, 3.05) is 5.33 Å². The number of hydrogen-bond donors (Lipinski definition) is 3. The number of carbonyl (C=O) groups excluding carboxylic acids is 1. The number of aliphatic carboxylic acids is 1. The lowest BCUT2D eigenvalue weighted by molar-refractivity contribution is -0.246. The van der Waals surface area contributed by atoms with Crippen LogP contribution in [-0.4, -0.2) is 39.6 Å². The van der Waals surface area contributed by atoms with E-state index in [4.69, 9.17) is 0 Å². The molecule has 5 aliphatic rings. The molecule has 5 nitrogen and oxygen atoms in total. The lowest BCUT2D eigenvalue weighted by Gasteiger charge is -2.72. The quantitative estimate of drug-likeness (QED) is 0.193. The van der Waals surface area contributed by atoms with Gasteiger partial charge in [-0.25, -0.2) is 4.79 Å². The van der Waals surface area contributed by atoms with Crippen LogP contribution >= 0.6 is 15.9 Å². The van der Waals surface area contributed by atoms with Gasteiger partial charge in [0.2, 0.25) is 5.91 Å². The van der Waals surface area contributed by atoms with Gasteiger partial charge in [-0.05, 0) is 128 Å². The molecule has 3 N–H and O–H groups in total. The molecule has 1 unspecified atom stereocenters. The number of carbonyl (C=O) groups is 2. The van der Waals surface area contributed by atoms with Crippen LogP contribution in [0.3, 0.4) is 0 Å². The van der Waals surface area contributed by atoms with Crippen molar-refractivity contribution in [1.82, 2.24) is 5.32 Å². The third-order valence-corrected chi connectivity index (χ3v) is 15.6. The first-order chi connectivity index (χ1) is 19.5. The van der Waals surface area contributed by atoms with E-state index in [9.17, 15) is 19.8 Å². The lowest BCUT2D eigenvalue weighted by atomic mass is 9.32. The summed E-state index contributed by atoms with van der Waals surface area (Å²) in [7, 11) is 0. The molecule has 11 atom stereocenters. The highest BCUT2D eigenvalue weighted by Crippen LogP contribution is 2.77. The third-order valence-electron chi connectivity index (χ3n) is 14.9. The first-order valence-corrected chi connectivity index (χ1v) is 18.1. The first-order valence-electron chi connectivity index (χ1n) is 16.9. The number of allylic oxidation sites excluding steroid dienone is 1. The minimum absolute atomic E-state index is 0.0153. The molecule has 5 saturated carbocycles. The van der Waals surface area contributed by atoms with Crippen LogP contribution in [-0.2, 0) is 9.59 Å². The Balaban J connectivity index is 1.52. The number of amides is 1. The van der Waals surface area contributed by atoms with Crippen molar-refractivity contribution in [1.29, 1.82) is 0 Å². The van der Waals surface area contributed by atoms with Gasteiger partial charge < -0.3 is 15.5 Å². The Kier molecular flexibility index (Phi) is 8.42. The minimum Gasteiger partial charge on any atom is -0.480 e. The maximum absolute atomic E-state index is 14.4. The molecule has 42 heavy (non-hydrogen) atoms. The van der Waals surface area contributed by atoms with E-state index in [2.05, 4.69) is 62.4 Å². The molecule has 5 rings (SSSR count).